The zero-order valence-electron chi connectivity index (χ0n) is 30.3. The Morgan fingerprint density at radius 3 is 1.59 bits per heavy atom. The molecule has 0 aliphatic rings. The van der Waals surface area contributed by atoms with Gasteiger partial charge in [-0.15, -0.1) is 0 Å². The van der Waals surface area contributed by atoms with Crippen molar-refractivity contribution in [1.29, 1.82) is 0 Å². The monoisotopic (exact) mass is 715 g/mol. The Kier molecular flexibility index (Phi) is 7.42. The van der Waals surface area contributed by atoms with Crippen LogP contribution in [-0.4, -0.2) is 24.1 Å². The van der Waals surface area contributed by atoms with Crippen molar-refractivity contribution in [2.75, 3.05) is 0 Å². The number of pyridine rings is 1. The molecule has 0 spiro atoms. The molecule has 0 unspecified atom stereocenters. The summed E-state index contributed by atoms with van der Waals surface area (Å²) in [6, 6.07) is 70.1. The molecule has 262 valence electrons. The molecule has 0 aliphatic carbocycles. The van der Waals surface area contributed by atoms with E-state index in [1.165, 1.54) is 10.8 Å². The molecular formula is C51H33N5. The van der Waals surface area contributed by atoms with Gasteiger partial charge in [0.2, 0.25) is 0 Å². The van der Waals surface area contributed by atoms with Gasteiger partial charge in [-0.05, 0) is 29.1 Å². The summed E-state index contributed by atoms with van der Waals surface area (Å²) in [6.45, 7) is 0. The maximum Gasteiger partial charge on any atom is 0.162 e. The third kappa shape index (κ3) is 5.21. The van der Waals surface area contributed by atoms with E-state index in [2.05, 4.69) is 203 Å². The topological polar surface area (TPSA) is 48.0 Å². The van der Waals surface area contributed by atoms with Crippen molar-refractivity contribution >= 4 is 38.1 Å². The Labute approximate surface area is 323 Å². The summed E-state index contributed by atoms with van der Waals surface area (Å²) in [5, 5.41) is 10.1. The molecule has 4 heterocycles. The lowest BCUT2D eigenvalue weighted by atomic mass is 9.97. The van der Waals surface area contributed by atoms with Gasteiger partial charge < -0.3 is 0 Å². The molecule has 4 aromatic heterocycles. The minimum absolute atomic E-state index is 0.662. The average Bonchev–Trinajstić information content (AvgIpc) is 3.85. The quantitative estimate of drug-likeness (QED) is 0.172. The number of nitrogens with zero attached hydrogens (tertiary/aromatic N) is 5. The average molecular weight is 716 g/mol. The molecule has 5 nitrogen and oxygen atoms in total. The second-order valence-corrected chi connectivity index (χ2v) is 14.1. The van der Waals surface area contributed by atoms with Gasteiger partial charge in [0.25, 0.3) is 0 Å². The first-order chi connectivity index (χ1) is 27.8. The Morgan fingerprint density at radius 2 is 0.929 bits per heavy atom. The van der Waals surface area contributed by atoms with Crippen molar-refractivity contribution in [3.05, 3.63) is 200 Å². The maximum atomic E-state index is 5.39. The maximum absolute atomic E-state index is 5.39. The van der Waals surface area contributed by atoms with E-state index >= 15 is 0 Å². The first-order valence-corrected chi connectivity index (χ1v) is 18.9. The third-order valence-corrected chi connectivity index (χ3v) is 10.8. The molecule has 0 fully saturated rings. The van der Waals surface area contributed by atoms with E-state index in [0.717, 1.165) is 83.6 Å². The van der Waals surface area contributed by atoms with Crippen LogP contribution in [0.4, 0.5) is 0 Å². The van der Waals surface area contributed by atoms with E-state index in [-0.39, 0.29) is 0 Å². The summed E-state index contributed by atoms with van der Waals surface area (Å²) in [5.41, 5.74) is 12.5. The fourth-order valence-electron chi connectivity index (χ4n) is 8.16. The van der Waals surface area contributed by atoms with Gasteiger partial charge in [0.05, 0.1) is 27.9 Å². The van der Waals surface area contributed by atoms with Crippen molar-refractivity contribution in [2.45, 2.75) is 0 Å². The van der Waals surface area contributed by atoms with Crippen LogP contribution < -0.4 is 0 Å². The highest BCUT2D eigenvalue weighted by atomic mass is 15.2. The van der Waals surface area contributed by atoms with Crippen LogP contribution in [0, 0.1) is 0 Å². The largest absolute Gasteiger partial charge is 0.294 e. The number of para-hydroxylation sites is 2. The van der Waals surface area contributed by atoms with Crippen molar-refractivity contribution in [1.82, 2.24) is 24.1 Å². The lowest BCUT2D eigenvalue weighted by molar-refractivity contribution is 0.979. The molecule has 11 rings (SSSR count). The predicted octanol–water partition coefficient (Wildman–Crippen LogP) is 12.7. The number of rotatable bonds is 6. The van der Waals surface area contributed by atoms with E-state index in [4.69, 9.17) is 15.1 Å². The van der Waals surface area contributed by atoms with Gasteiger partial charge in [0, 0.05) is 50.0 Å². The van der Waals surface area contributed by atoms with Gasteiger partial charge in [-0.3, -0.25) is 4.57 Å². The molecule has 0 N–H and O–H groups in total. The van der Waals surface area contributed by atoms with Gasteiger partial charge in [0.15, 0.2) is 5.82 Å². The van der Waals surface area contributed by atoms with E-state index in [9.17, 15) is 0 Å². The van der Waals surface area contributed by atoms with Gasteiger partial charge in [-0.1, -0.05) is 176 Å². The summed E-state index contributed by atoms with van der Waals surface area (Å²) in [6.07, 6.45) is 0. The zero-order valence-corrected chi connectivity index (χ0v) is 30.3. The molecular weight excluding hydrogens is 683 g/mol. The van der Waals surface area contributed by atoms with Crippen molar-refractivity contribution in [3.63, 3.8) is 0 Å². The standard InChI is InChI=1S/C51H33N5/c1-4-16-34(17-5-1)43-33-47(55-44-26-14-12-24-41(44)42-25-13-15-27-45(42)55)53-51(52-43)38-30-28-35(29-31-38)46-32-39-22-10-11-23-40(39)50-48(36-18-6-2-7-19-36)49(54-56(46)50)37-20-8-3-9-21-37/h1-33H. The zero-order chi connectivity index (χ0) is 37.0. The van der Waals surface area contributed by atoms with Gasteiger partial charge >= 0.3 is 0 Å². The van der Waals surface area contributed by atoms with Crippen LogP contribution in [0.1, 0.15) is 0 Å². The summed E-state index contributed by atoms with van der Waals surface area (Å²) < 4.78 is 4.39. The molecule has 0 bridgehead atoms. The Hall–Kier alpha value is -7.63. The number of aromatic nitrogens is 5. The molecule has 0 atom stereocenters. The molecule has 7 aromatic carbocycles. The van der Waals surface area contributed by atoms with E-state index in [1.54, 1.807) is 0 Å². The molecule has 0 saturated heterocycles. The second-order valence-electron chi connectivity index (χ2n) is 14.1. The SMILES string of the molecule is c1ccc(-c2cc(-n3c4ccccc4c4ccccc43)nc(-c3ccc(-c4cc5ccccc5c5c(-c6ccccc6)c(-c6ccccc6)nn45)cc3)n2)cc1. The van der Waals surface area contributed by atoms with Crippen LogP contribution in [0.2, 0.25) is 0 Å². The highest BCUT2D eigenvalue weighted by Crippen LogP contribution is 2.41. The summed E-state index contributed by atoms with van der Waals surface area (Å²) >= 11 is 0. The molecule has 0 aliphatic heterocycles. The fraction of sp³-hybridized carbons (Fsp3) is 0. The van der Waals surface area contributed by atoms with Crippen LogP contribution in [0.25, 0.3) is 100 Å². The highest BCUT2D eigenvalue weighted by molar-refractivity contribution is 6.10. The van der Waals surface area contributed by atoms with Crippen LogP contribution in [-0.2, 0) is 0 Å². The van der Waals surface area contributed by atoms with Crippen molar-refractivity contribution in [3.8, 4) is 62.1 Å². The smallest absolute Gasteiger partial charge is 0.162 e. The lowest BCUT2D eigenvalue weighted by Crippen LogP contribution is -2.02. The van der Waals surface area contributed by atoms with Gasteiger partial charge in [0.1, 0.15) is 11.5 Å². The molecule has 56 heavy (non-hydrogen) atoms. The molecule has 5 heteroatoms. The number of benzene rings is 7. The van der Waals surface area contributed by atoms with Crippen molar-refractivity contribution < 1.29 is 0 Å². The van der Waals surface area contributed by atoms with Gasteiger partial charge in [-0.2, -0.15) is 5.10 Å². The minimum Gasteiger partial charge on any atom is -0.294 e. The second kappa shape index (κ2) is 13.0. The number of hydrogen-bond acceptors (Lipinski definition) is 3. The van der Waals surface area contributed by atoms with Crippen LogP contribution in [0.15, 0.2) is 200 Å². The first kappa shape index (κ1) is 31.9. The summed E-state index contributed by atoms with van der Waals surface area (Å²) in [7, 11) is 0. The Bertz CT molecular complexity index is 3170. The molecule has 0 radical (unpaired) electrons. The predicted molar refractivity (Wildman–Crippen MR) is 230 cm³/mol. The van der Waals surface area contributed by atoms with Crippen LogP contribution >= 0.6 is 0 Å². The number of hydrogen-bond donors (Lipinski definition) is 0. The van der Waals surface area contributed by atoms with E-state index in [1.807, 2.05) is 6.07 Å². The summed E-state index contributed by atoms with van der Waals surface area (Å²) in [5.74, 6) is 1.49. The van der Waals surface area contributed by atoms with Crippen molar-refractivity contribution in [2.24, 2.45) is 0 Å². The normalized spacial score (nSPS) is 11.6. The first-order valence-electron chi connectivity index (χ1n) is 18.9. The minimum atomic E-state index is 0.662. The lowest BCUT2D eigenvalue weighted by Gasteiger charge is -2.13. The highest BCUT2D eigenvalue weighted by Gasteiger charge is 2.22. The van der Waals surface area contributed by atoms with E-state index in [0.29, 0.717) is 5.82 Å². The molecule has 0 amide bonds. The fourth-order valence-corrected chi connectivity index (χ4v) is 8.16. The van der Waals surface area contributed by atoms with Crippen LogP contribution in [0.5, 0.6) is 0 Å². The Balaban J connectivity index is 1.11. The van der Waals surface area contributed by atoms with Crippen LogP contribution in [0.3, 0.4) is 0 Å². The Morgan fingerprint density at radius 1 is 0.393 bits per heavy atom. The van der Waals surface area contributed by atoms with Gasteiger partial charge in [-0.25, -0.2) is 14.5 Å². The van der Waals surface area contributed by atoms with E-state index < -0.39 is 0 Å². The summed E-state index contributed by atoms with van der Waals surface area (Å²) in [4.78, 5) is 10.5. The number of fused-ring (bicyclic) bond motifs is 6. The molecule has 11 aromatic rings. The molecule has 0 saturated carbocycles. The third-order valence-electron chi connectivity index (χ3n) is 10.8.